The van der Waals surface area contributed by atoms with E-state index in [0.29, 0.717) is 5.92 Å². The van der Waals surface area contributed by atoms with Gasteiger partial charge in [-0.2, -0.15) is 0 Å². The van der Waals surface area contributed by atoms with Crippen LogP contribution in [0.5, 0.6) is 0 Å². The number of carbonyl (C=O) groups excluding carboxylic acids is 1. The van der Waals surface area contributed by atoms with Gasteiger partial charge in [-0.1, -0.05) is 34.1 Å². The molecule has 1 aliphatic carbocycles. The quantitative estimate of drug-likeness (QED) is 0.599. The van der Waals surface area contributed by atoms with Crippen LogP contribution in [0.2, 0.25) is 0 Å². The lowest BCUT2D eigenvalue weighted by Gasteiger charge is -2.38. The maximum atomic E-state index is 10.9. The average molecular weight is 182 g/mol. The lowest BCUT2D eigenvalue weighted by molar-refractivity contribution is -0.118. The maximum Gasteiger partial charge on any atom is 0.125 e. The highest BCUT2D eigenvalue weighted by atomic mass is 16.1. The molecule has 0 radical (unpaired) electrons. The Kier molecular flexibility index (Phi) is 3.15. The van der Waals surface area contributed by atoms with Crippen molar-refractivity contribution in [2.75, 3.05) is 0 Å². The standard InChI is InChI=1S/C12H22O/c1-9-5-6-11(7-10(9)2)12(3,4)8-13/h8-11H,5-7H2,1-4H3. The zero-order chi connectivity index (χ0) is 10.1. The Hall–Kier alpha value is -0.330. The van der Waals surface area contributed by atoms with Gasteiger partial charge in [0.2, 0.25) is 0 Å². The highest BCUT2D eigenvalue weighted by Gasteiger charge is 2.34. The van der Waals surface area contributed by atoms with E-state index in [1.807, 2.05) is 0 Å². The van der Waals surface area contributed by atoms with E-state index >= 15 is 0 Å². The largest absolute Gasteiger partial charge is 0.303 e. The van der Waals surface area contributed by atoms with Gasteiger partial charge >= 0.3 is 0 Å². The van der Waals surface area contributed by atoms with E-state index < -0.39 is 0 Å². The van der Waals surface area contributed by atoms with Gasteiger partial charge in [-0.05, 0) is 30.6 Å². The Labute approximate surface area is 81.9 Å². The van der Waals surface area contributed by atoms with Crippen LogP contribution >= 0.6 is 0 Å². The molecule has 1 fully saturated rings. The van der Waals surface area contributed by atoms with E-state index in [1.54, 1.807) is 0 Å². The number of rotatable bonds is 2. The first-order valence-corrected chi connectivity index (χ1v) is 5.43. The molecule has 1 saturated carbocycles. The Bertz CT molecular complexity index is 184. The summed E-state index contributed by atoms with van der Waals surface area (Å²) in [6, 6.07) is 0. The second-order valence-corrected chi connectivity index (χ2v) is 5.40. The molecule has 1 aliphatic rings. The average Bonchev–Trinajstić information content (AvgIpc) is 2.09. The van der Waals surface area contributed by atoms with Crippen molar-refractivity contribution in [3.8, 4) is 0 Å². The van der Waals surface area contributed by atoms with Gasteiger partial charge in [0.25, 0.3) is 0 Å². The van der Waals surface area contributed by atoms with E-state index in [0.717, 1.165) is 18.1 Å². The van der Waals surface area contributed by atoms with Crippen LogP contribution in [0.1, 0.15) is 47.0 Å². The molecule has 0 N–H and O–H groups in total. The first kappa shape index (κ1) is 10.7. The fourth-order valence-corrected chi connectivity index (χ4v) is 2.32. The molecule has 1 heteroatoms. The van der Waals surface area contributed by atoms with Gasteiger partial charge in [-0.15, -0.1) is 0 Å². The van der Waals surface area contributed by atoms with Crippen molar-refractivity contribution in [2.45, 2.75) is 47.0 Å². The zero-order valence-corrected chi connectivity index (χ0v) is 9.34. The highest BCUT2D eigenvalue weighted by molar-refractivity contribution is 5.58. The van der Waals surface area contributed by atoms with Crippen LogP contribution in [0.25, 0.3) is 0 Å². The molecule has 13 heavy (non-hydrogen) atoms. The summed E-state index contributed by atoms with van der Waals surface area (Å²) in [6.07, 6.45) is 4.90. The molecule has 0 aromatic carbocycles. The van der Waals surface area contributed by atoms with Crippen LogP contribution in [0, 0.1) is 23.2 Å². The smallest absolute Gasteiger partial charge is 0.125 e. The molecule has 0 aliphatic heterocycles. The third kappa shape index (κ3) is 2.32. The Balaban J connectivity index is 2.60. The van der Waals surface area contributed by atoms with Gasteiger partial charge < -0.3 is 4.79 Å². The molecular weight excluding hydrogens is 160 g/mol. The molecule has 0 spiro atoms. The minimum absolute atomic E-state index is 0.103. The number of hydrogen-bond donors (Lipinski definition) is 0. The summed E-state index contributed by atoms with van der Waals surface area (Å²) in [4.78, 5) is 10.9. The van der Waals surface area contributed by atoms with Crippen LogP contribution in [0.15, 0.2) is 0 Å². The van der Waals surface area contributed by atoms with Crippen molar-refractivity contribution in [1.82, 2.24) is 0 Å². The predicted molar refractivity (Wildman–Crippen MR) is 55.5 cm³/mol. The third-order valence-electron chi connectivity index (χ3n) is 3.95. The van der Waals surface area contributed by atoms with Crippen LogP contribution in [0.3, 0.4) is 0 Å². The van der Waals surface area contributed by atoms with Gasteiger partial charge in [0.1, 0.15) is 6.29 Å². The molecule has 0 heterocycles. The van der Waals surface area contributed by atoms with Crippen LogP contribution in [-0.2, 0) is 4.79 Å². The third-order valence-corrected chi connectivity index (χ3v) is 3.95. The number of aldehydes is 1. The van der Waals surface area contributed by atoms with Crippen molar-refractivity contribution in [1.29, 1.82) is 0 Å². The van der Waals surface area contributed by atoms with Crippen molar-refractivity contribution in [3.63, 3.8) is 0 Å². The monoisotopic (exact) mass is 182 g/mol. The van der Waals surface area contributed by atoms with Gasteiger partial charge in [0.05, 0.1) is 0 Å². The minimum atomic E-state index is -0.103. The predicted octanol–water partition coefficient (Wildman–Crippen LogP) is 3.28. The van der Waals surface area contributed by atoms with Gasteiger partial charge in [0, 0.05) is 5.41 Å². The molecule has 0 aromatic heterocycles. The van der Waals surface area contributed by atoms with E-state index in [1.165, 1.54) is 19.3 Å². The van der Waals surface area contributed by atoms with Crippen LogP contribution < -0.4 is 0 Å². The fourth-order valence-electron chi connectivity index (χ4n) is 2.32. The summed E-state index contributed by atoms with van der Waals surface area (Å²) in [5.41, 5.74) is -0.103. The molecule has 1 nitrogen and oxygen atoms in total. The SMILES string of the molecule is CC1CCC(C(C)(C)C=O)CC1C. The summed E-state index contributed by atoms with van der Waals surface area (Å²) in [6.45, 7) is 8.80. The van der Waals surface area contributed by atoms with Crippen molar-refractivity contribution < 1.29 is 4.79 Å². The van der Waals surface area contributed by atoms with Crippen LogP contribution in [-0.4, -0.2) is 6.29 Å². The zero-order valence-electron chi connectivity index (χ0n) is 9.34. The van der Waals surface area contributed by atoms with Crippen molar-refractivity contribution in [2.24, 2.45) is 23.2 Å². The molecule has 1 rings (SSSR count). The summed E-state index contributed by atoms with van der Waals surface area (Å²) < 4.78 is 0. The normalized spacial score (nSPS) is 35.8. The maximum absolute atomic E-state index is 10.9. The second-order valence-electron chi connectivity index (χ2n) is 5.40. The van der Waals surface area contributed by atoms with Crippen LogP contribution in [0.4, 0.5) is 0 Å². The Morgan fingerprint density at radius 3 is 2.23 bits per heavy atom. The molecular formula is C12H22O. The first-order valence-electron chi connectivity index (χ1n) is 5.43. The number of carbonyl (C=O) groups is 1. The topological polar surface area (TPSA) is 17.1 Å². The summed E-state index contributed by atoms with van der Waals surface area (Å²) in [7, 11) is 0. The molecule has 3 unspecified atom stereocenters. The van der Waals surface area contributed by atoms with Gasteiger partial charge in [-0.3, -0.25) is 0 Å². The van der Waals surface area contributed by atoms with E-state index in [9.17, 15) is 4.79 Å². The lowest BCUT2D eigenvalue weighted by atomic mass is 9.66. The fraction of sp³-hybridized carbons (Fsp3) is 0.917. The summed E-state index contributed by atoms with van der Waals surface area (Å²) in [5.74, 6) is 2.24. The van der Waals surface area contributed by atoms with Crippen molar-refractivity contribution >= 4 is 6.29 Å². The summed E-state index contributed by atoms with van der Waals surface area (Å²) in [5, 5.41) is 0. The molecule has 3 atom stereocenters. The summed E-state index contributed by atoms with van der Waals surface area (Å²) >= 11 is 0. The molecule has 0 aromatic rings. The second kappa shape index (κ2) is 3.81. The molecule has 0 amide bonds. The molecule has 0 bridgehead atoms. The van der Waals surface area contributed by atoms with E-state index in [-0.39, 0.29) is 5.41 Å². The van der Waals surface area contributed by atoms with Gasteiger partial charge in [-0.25, -0.2) is 0 Å². The van der Waals surface area contributed by atoms with Crippen molar-refractivity contribution in [3.05, 3.63) is 0 Å². The Morgan fingerprint density at radius 2 is 1.77 bits per heavy atom. The van der Waals surface area contributed by atoms with E-state index in [4.69, 9.17) is 0 Å². The lowest BCUT2D eigenvalue weighted by Crippen LogP contribution is -2.32. The van der Waals surface area contributed by atoms with E-state index in [2.05, 4.69) is 27.7 Å². The molecule has 0 saturated heterocycles. The number of hydrogen-bond acceptors (Lipinski definition) is 1. The minimum Gasteiger partial charge on any atom is -0.303 e. The first-order chi connectivity index (χ1) is 5.97. The highest BCUT2D eigenvalue weighted by Crippen LogP contribution is 2.41. The van der Waals surface area contributed by atoms with Gasteiger partial charge in [0.15, 0.2) is 0 Å². The molecule has 76 valence electrons. The Morgan fingerprint density at radius 1 is 1.15 bits per heavy atom.